The van der Waals surface area contributed by atoms with Crippen LogP contribution >= 0.6 is 10.2 Å². The minimum atomic E-state index is -10.1. The molecule has 1 aliphatic carbocycles. The molecule has 24 heavy (non-hydrogen) atoms. The van der Waals surface area contributed by atoms with Gasteiger partial charge in [-0.1, -0.05) is 32.8 Å². The van der Waals surface area contributed by atoms with Crippen molar-refractivity contribution >= 4 is 16.2 Å². The lowest BCUT2D eigenvalue weighted by atomic mass is 9.81. The van der Waals surface area contributed by atoms with Crippen molar-refractivity contribution in [2.45, 2.75) is 43.9 Å². The van der Waals surface area contributed by atoms with E-state index in [1.165, 1.54) is 0 Å². The maximum atomic E-state index is 13.5. The number of hydrogen-bond donors (Lipinski definition) is 0. The minimum Gasteiger partial charge on any atom is -0.426 e. The van der Waals surface area contributed by atoms with Gasteiger partial charge in [0.25, 0.3) is 0 Å². The molecule has 0 heterocycles. The highest BCUT2D eigenvalue weighted by Gasteiger charge is 2.67. The highest BCUT2D eigenvalue weighted by atomic mass is 32.5. The number of hydrogen-bond acceptors (Lipinski definition) is 2. The zero-order valence-corrected chi connectivity index (χ0v) is 13.7. The van der Waals surface area contributed by atoms with Crippen molar-refractivity contribution < 1.29 is 33.4 Å². The fourth-order valence-corrected chi connectivity index (χ4v) is 3.62. The monoisotopic (exact) mass is 376 g/mol. The second kappa shape index (κ2) is 5.57. The second-order valence-electron chi connectivity index (χ2n) is 6.11. The molecular formula is C15H18F6O2S. The molecule has 0 amide bonds. The summed E-state index contributed by atoms with van der Waals surface area (Å²) in [7, 11) is -10.1. The first kappa shape index (κ1) is 19.0. The van der Waals surface area contributed by atoms with E-state index in [1.807, 2.05) is 6.92 Å². The third-order valence-electron chi connectivity index (χ3n) is 4.29. The van der Waals surface area contributed by atoms with Crippen molar-refractivity contribution in [2.75, 3.05) is 0 Å². The molecule has 1 aromatic rings. The second-order valence-corrected chi connectivity index (χ2v) is 8.49. The molecule has 0 unspecified atom stereocenters. The van der Waals surface area contributed by atoms with E-state index in [4.69, 9.17) is 4.74 Å². The van der Waals surface area contributed by atoms with Gasteiger partial charge in [-0.05, 0) is 43.7 Å². The molecule has 0 aliphatic heterocycles. The van der Waals surface area contributed by atoms with Crippen molar-refractivity contribution in [3.63, 3.8) is 0 Å². The lowest BCUT2D eigenvalue weighted by Crippen LogP contribution is -2.25. The molecule has 2 rings (SSSR count). The van der Waals surface area contributed by atoms with E-state index < -0.39 is 38.6 Å². The SMILES string of the molecule is CCC1CCC(C(=O)Oc2ccc(S(F)(F)(F)(F)F)c(F)c2)CC1. The Hall–Kier alpha value is -1.38. The summed E-state index contributed by atoms with van der Waals surface area (Å²) in [4.78, 5) is 9.36. The van der Waals surface area contributed by atoms with E-state index in [0.717, 1.165) is 19.3 Å². The van der Waals surface area contributed by atoms with Crippen LogP contribution in [-0.4, -0.2) is 5.97 Å². The maximum absolute atomic E-state index is 13.5. The molecule has 1 aliphatic rings. The van der Waals surface area contributed by atoms with E-state index in [9.17, 15) is 28.6 Å². The molecule has 138 valence electrons. The molecule has 0 radical (unpaired) electrons. The normalized spacial score (nSPS) is 24.8. The molecule has 9 heteroatoms. The third kappa shape index (κ3) is 4.58. The van der Waals surface area contributed by atoms with Crippen LogP contribution < -0.4 is 4.74 Å². The number of esters is 1. The molecule has 0 atom stereocenters. The predicted octanol–water partition coefficient (Wildman–Crippen LogP) is 6.60. The van der Waals surface area contributed by atoms with Crippen LogP contribution in [0.3, 0.4) is 0 Å². The summed E-state index contributed by atoms with van der Waals surface area (Å²) in [5, 5.41) is 0. The smallest absolute Gasteiger partial charge is 0.314 e. The highest BCUT2D eigenvalue weighted by Crippen LogP contribution is 3.02. The summed E-state index contributed by atoms with van der Waals surface area (Å²) >= 11 is 0. The average molecular weight is 376 g/mol. The molecule has 0 bridgehead atoms. The summed E-state index contributed by atoms with van der Waals surface area (Å²) in [6, 6.07) is 0.613. The molecule has 1 saturated carbocycles. The fraction of sp³-hybridized carbons (Fsp3) is 0.533. The Morgan fingerprint density at radius 3 is 2.17 bits per heavy atom. The Bertz CT molecular complexity index is 635. The van der Waals surface area contributed by atoms with Crippen molar-refractivity contribution in [1.82, 2.24) is 0 Å². The summed E-state index contributed by atoms with van der Waals surface area (Å²) in [6.07, 6.45) is 3.86. The van der Waals surface area contributed by atoms with Crippen LogP contribution in [-0.2, 0) is 4.79 Å². The summed E-state index contributed by atoms with van der Waals surface area (Å²) in [6.45, 7) is 2.05. The van der Waals surface area contributed by atoms with E-state index in [-0.39, 0.29) is 12.1 Å². The average Bonchev–Trinajstić information content (AvgIpc) is 2.44. The van der Waals surface area contributed by atoms with Crippen LogP contribution in [0.4, 0.5) is 23.8 Å². The number of benzene rings is 1. The van der Waals surface area contributed by atoms with Crippen molar-refractivity contribution in [3.8, 4) is 5.75 Å². The first-order chi connectivity index (χ1) is 10.8. The first-order valence-electron chi connectivity index (χ1n) is 7.55. The zero-order valence-electron chi connectivity index (χ0n) is 12.9. The van der Waals surface area contributed by atoms with Gasteiger partial charge in [0.15, 0.2) is 0 Å². The molecular weight excluding hydrogens is 358 g/mol. The number of carbonyl (C=O) groups is 1. The lowest BCUT2D eigenvalue weighted by Gasteiger charge is -2.40. The van der Waals surface area contributed by atoms with Gasteiger partial charge in [0.1, 0.15) is 16.5 Å². The molecule has 2 nitrogen and oxygen atoms in total. The molecule has 0 saturated heterocycles. The molecule has 0 spiro atoms. The number of rotatable bonds is 4. The van der Waals surface area contributed by atoms with E-state index in [0.29, 0.717) is 24.8 Å². The van der Waals surface area contributed by atoms with Gasteiger partial charge in [0, 0.05) is 6.07 Å². The van der Waals surface area contributed by atoms with Gasteiger partial charge >= 0.3 is 16.2 Å². The van der Waals surface area contributed by atoms with Crippen LogP contribution in [0.5, 0.6) is 5.75 Å². The Balaban J connectivity index is 2.10. The lowest BCUT2D eigenvalue weighted by molar-refractivity contribution is -0.140. The van der Waals surface area contributed by atoms with E-state index >= 15 is 0 Å². The molecule has 1 aromatic carbocycles. The van der Waals surface area contributed by atoms with E-state index in [2.05, 4.69) is 0 Å². The highest BCUT2D eigenvalue weighted by molar-refractivity contribution is 8.45. The summed E-state index contributed by atoms with van der Waals surface area (Å²) < 4.78 is 81.4. The minimum absolute atomic E-state index is 0.0898. The Morgan fingerprint density at radius 1 is 1.12 bits per heavy atom. The van der Waals surface area contributed by atoms with Gasteiger partial charge in [0.2, 0.25) is 0 Å². The van der Waals surface area contributed by atoms with Gasteiger partial charge < -0.3 is 4.74 Å². The van der Waals surface area contributed by atoms with Crippen LogP contribution in [0.2, 0.25) is 0 Å². The van der Waals surface area contributed by atoms with Crippen molar-refractivity contribution in [3.05, 3.63) is 24.0 Å². The summed E-state index contributed by atoms with van der Waals surface area (Å²) in [5.74, 6) is -3.23. The summed E-state index contributed by atoms with van der Waals surface area (Å²) in [5.41, 5.74) is 0. The maximum Gasteiger partial charge on any atom is 0.314 e. The quantitative estimate of drug-likeness (QED) is 0.336. The van der Waals surface area contributed by atoms with Crippen molar-refractivity contribution in [1.29, 1.82) is 0 Å². The number of halogens is 6. The Labute approximate surface area is 135 Å². The van der Waals surface area contributed by atoms with Crippen LogP contribution in [0.25, 0.3) is 0 Å². The largest absolute Gasteiger partial charge is 0.426 e. The Morgan fingerprint density at radius 2 is 1.71 bits per heavy atom. The predicted molar refractivity (Wildman–Crippen MR) is 79.2 cm³/mol. The standard InChI is InChI=1S/C15H18F6O2S/c1-2-10-3-5-11(6-4-10)15(22)23-12-7-8-14(13(16)9-12)24(17,18,19,20)21/h7-11H,2-6H2,1H3. The van der Waals surface area contributed by atoms with E-state index in [1.54, 1.807) is 0 Å². The van der Waals surface area contributed by atoms with Crippen LogP contribution in [0.15, 0.2) is 23.1 Å². The zero-order chi connectivity index (χ0) is 18.2. The number of ether oxygens (including phenoxy) is 1. The molecule has 1 fully saturated rings. The number of carbonyl (C=O) groups excluding carboxylic acids is 1. The van der Waals surface area contributed by atoms with Gasteiger partial charge in [-0.15, -0.1) is 0 Å². The van der Waals surface area contributed by atoms with Gasteiger partial charge in [-0.3, -0.25) is 4.79 Å². The van der Waals surface area contributed by atoms with Crippen LogP contribution in [0, 0.1) is 17.7 Å². The van der Waals surface area contributed by atoms with Gasteiger partial charge in [-0.25, -0.2) is 4.39 Å². The third-order valence-corrected chi connectivity index (χ3v) is 5.46. The van der Waals surface area contributed by atoms with Crippen molar-refractivity contribution in [2.24, 2.45) is 11.8 Å². The molecule has 0 aromatic heterocycles. The van der Waals surface area contributed by atoms with Gasteiger partial charge in [-0.2, -0.15) is 0 Å². The Kier molecular flexibility index (Phi) is 4.40. The van der Waals surface area contributed by atoms with Crippen LogP contribution in [0.1, 0.15) is 39.0 Å². The first-order valence-corrected chi connectivity index (χ1v) is 9.50. The van der Waals surface area contributed by atoms with Gasteiger partial charge in [0.05, 0.1) is 5.92 Å². The molecule has 0 N–H and O–H groups in total. The topological polar surface area (TPSA) is 26.3 Å². The fourth-order valence-electron chi connectivity index (χ4n) is 2.86.